The average molecular weight is 614 g/mol. The Labute approximate surface area is 246 Å². The van der Waals surface area contributed by atoms with Gasteiger partial charge in [-0.15, -0.1) is 11.8 Å². The second-order valence-electron chi connectivity index (χ2n) is 8.59. The number of rotatable bonds is 9. The lowest BCUT2D eigenvalue weighted by Gasteiger charge is -2.12. The van der Waals surface area contributed by atoms with Crippen LogP contribution in [-0.2, 0) is 9.59 Å². The van der Waals surface area contributed by atoms with E-state index in [1.807, 2.05) is 5.32 Å². The average Bonchev–Trinajstić information content (AvgIpc) is 2.99. The number of carbonyl (C=O) groups excluding carboxylic acids is 3. The monoisotopic (exact) mass is 613 g/mol. The SMILES string of the molecule is O=C(CSc1ccc(NC(=O)/C(=C/c2ccc(Cl)cc2)NC(=O)c2ccccc2)cc1)Nc1c(F)c(F)cc(F)c1F. The summed E-state index contributed by atoms with van der Waals surface area (Å²) >= 11 is 6.92. The second kappa shape index (κ2) is 13.8. The van der Waals surface area contributed by atoms with Crippen molar-refractivity contribution < 1.29 is 31.9 Å². The van der Waals surface area contributed by atoms with E-state index < -0.39 is 46.7 Å². The first-order chi connectivity index (χ1) is 20.1. The first kappa shape index (κ1) is 30.4. The molecule has 0 aliphatic carbocycles. The number of amides is 3. The van der Waals surface area contributed by atoms with Crippen molar-refractivity contribution >= 4 is 58.5 Å². The maximum atomic E-state index is 13.8. The molecule has 4 rings (SSSR count). The Morgan fingerprint density at radius 2 is 1.40 bits per heavy atom. The fourth-order valence-corrected chi connectivity index (χ4v) is 4.33. The summed E-state index contributed by atoms with van der Waals surface area (Å²) < 4.78 is 54.3. The van der Waals surface area contributed by atoms with Crippen LogP contribution in [-0.4, -0.2) is 23.5 Å². The summed E-state index contributed by atoms with van der Waals surface area (Å²) in [5.74, 6) is -9.03. The van der Waals surface area contributed by atoms with Gasteiger partial charge in [0.15, 0.2) is 23.3 Å². The Kier molecular flexibility index (Phi) is 10.00. The molecule has 0 heterocycles. The molecule has 0 fully saturated rings. The maximum Gasteiger partial charge on any atom is 0.272 e. The fraction of sp³-hybridized carbons (Fsp3) is 0.0333. The third-order valence-corrected chi connectivity index (χ3v) is 6.83. The van der Waals surface area contributed by atoms with Crippen LogP contribution < -0.4 is 16.0 Å². The standard InChI is InChI=1S/C30H20ClF4N3O3S/c31-19-8-6-17(7-9-19)14-24(37-29(40)18-4-2-1-3-5-18)30(41)36-20-10-12-21(13-11-20)42-16-25(39)38-28-26(34)22(32)15-23(33)27(28)35/h1-15H,16H2,(H,36,41)(H,37,40)(H,38,39)/b24-14-. The van der Waals surface area contributed by atoms with Crippen LogP contribution >= 0.6 is 23.4 Å². The highest BCUT2D eigenvalue weighted by atomic mass is 35.5. The highest BCUT2D eigenvalue weighted by molar-refractivity contribution is 8.00. The lowest BCUT2D eigenvalue weighted by Crippen LogP contribution is -2.30. The van der Waals surface area contributed by atoms with Gasteiger partial charge in [0, 0.05) is 27.2 Å². The smallest absolute Gasteiger partial charge is 0.272 e. The van der Waals surface area contributed by atoms with Crippen molar-refractivity contribution in [1.29, 1.82) is 0 Å². The lowest BCUT2D eigenvalue weighted by molar-refractivity contribution is -0.114. The molecule has 0 unspecified atom stereocenters. The van der Waals surface area contributed by atoms with Gasteiger partial charge < -0.3 is 16.0 Å². The predicted molar refractivity (Wildman–Crippen MR) is 154 cm³/mol. The van der Waals surface area contributed by atoms with Crippen LogP contribution in [0.5, 0.6) is 0 Å². The summed E-state index contributed by atoms with van der Waals surface area (Å²) in [6, 6.07) is 21.3. The van der Waals surface area contributed by atoms with Crippen LogP contribution in [0.2, 0.25) is 5.02 Å². The van der Waals surface area contributed by atoms with E-state index in [9.17, 15) is 31.9 Å². The van der Waals surface area contributed by atoms with Gasteiger partial charge in [-0.05, 0) is 60.2 Å². The quantitative estimate of drug-likeness (QED) is 0.0818. The molecular formula is C30H20ClF4N3O3S. The highest BCUT2D eigenvalue weighted by Crippen LogP contribution is 2.26. The van der Waals surface area contributed by atoms with E-state index in [1.54, 1.807) is 78.9 Å². The number of thioether (sulfide) groups is 1. The summed E-state index contributed by atoms with van der Waals surface area (Å²) in [5.41, 5.74) is 0.0890. The normalized spacial score (nSPS) is 11.1. The molecular weight excluding hydrogens is 594 g/mol. The van der Waals surface area contributed by atoms with Crippen molar-refractivity contribution in [2.24, 2.45) is 0 Å². The fourth-order valence-electron chi connectivity index (χ4n) is 3.51. The van der Waals surface area contributed by atoms with Gasteiger partial charge in [-0.3, -0.25) is 14.4 Å². The van der Waals surface area contributed by atoms with Gasteiger partial charge in [0.05, 0.1) is 5.75 Å². The first-order valence-corrected chi connectivity index (χ1v) is 13.5. The molecule has 4 aromatic rings. The molecule has 0 aliphatic heterocycles. The number of anilines is 2. The van der Waals surface area contributed by atoms with E-state index in [1.165, 1.54) is 6.08 Å². The summed E-state index contributed by atoms with van der Waals surface area (Å²) in [4.78, 5) is 38.6. The van der Waals surface area contributed by atoms with E-state index in [0.717, 1.165) is 11.8 Å². The van der Waals surface area contributed by atoms with E-state index >= 15 is 0 Å². The maximum absolute atomic E-state index is 13.8. The zero-order chi connectivity index (χ0) is 30.2. The number of benzene rings is 4. The van der Waals surface area contributed by atoms with Gasteiger partial charge in [-0.1, -0.05) is 41.9 Å². The number of hydrogen-bond acceptors (Lipinski definition) is 4. The largest absolute Gasteiger partial charge is 0.321 e. The Hall–Kier alpha value is -4.61. The number of nitrogens with one attached hydrogen (secondary N) is 3. The molecule has 12 heteroatoms. The van der Waals surface area contributed by atoms with Crippen molar-refractivity contribution in [3.05, 3.63) is 130 Å². The topological polar surface area (TPSA) is 87.3 Å². The molecule has 4 aromatic carbocycles. The van der Waals surface area contributed by atoms with Gasteiger partial charge in [0.25, 0.3) is 11.8 Å². The van der Waals surface area contributed by atoms with Crippen molar-refractivity contribution in [2.75, 3.05) is 16.4 Å². The molecule has 0 atom stereocenters. The predicted octanol–water partition coefficient (Wildman–Crippen LogP) is 7.04. The third-order valence-electron chi connectivity index (χ3n) is 5.57. The van der Waals surface area contributed by atoms with Gasteiger partial charge in [-0.25, -0.2) is 17.6 Å². The molecule has 0 radical (unpaired) electrons. The van der Waals surface area contributed by atoms with E-state index in [4.69, 9.17) is 11.6 Å². The van der Waals surface area contributed by atoms with Gasteiger partial charge >= 0.3 is 0 Å². The highest BCUT2D eigenvalue weighted by Gasteiger charge is 2.21. The Morgan fingerprint density at radius 3 is 2.02 bits per heavy atom. The van der Waals surface area contributed by atoms with Gasteiger partial charge in [0.1, 0.15) is 11.4 Å². The summed E-state index contributed by atoms with van der Waals surface area (Å²) in [6.45, 7) is 0. The van der Waals surface area contributed by atoms with Crippen molar-refractivity contribution in [3.8, 4) is 0 Å². The van der Waals surface area contributed by atoms with Gasteiger partial charge in [0.2, 0.25) is 5.91 Å². The molecule has 3 amide bonds. The Balaban J connectivity index is 1.41. The van der Waals surface area contributed by atoms with Gasteiger partial charge in [-0.2, -0.15) is 0 Å². The number of hydrogen-bond donors (Lipinski definition) is 3. The summed E-state index contributed by atoms with van der Waals surface area (Å²) in [7, 11) is 0. The molecule has 0 saturated heterocycles. The Bertz CT molecular complexity index is 1630. The van der Waals surface area contributed by atoms with Crippen molar-refractivity contribution in [1.82, 2.24) is 5.32 Å². The molecule has 0 spiro atoms. The lowest BCUT2D eigenvalue weighted by atomic mass is 10.1. The molecule has 0 bridgehead atoms. The molecule has 6 nitrogen and oxygen atoms in total. The van der Waals surface area contributed by atoms with E-state index in [0.29, 0.717) is 26.7 Å². The first-order valence-electron chi connectivity index (χ1n) is 12.1. The second-order valence-corrected chi connectivity index (χ2v) is 10.1. The van der Waals surface area contributed by atoms with Crippen LogP contribution in [0, 0.1) is 23.3 Å². The zero-order valence-electron chi connectivity index (χ0n) is 21.4. The Morgan fingerprint density at radius 1 is 0.786 bits per heavy atom. The summed E-state index contributed by atoms with van der Waals surface area (Å²) in [5, 5.41) is 7.65. The molecule has 214 valence electrons. The third kappa shape index (κ3) is 7.99. The van der Waals surface area contributed by atoms with Crippen LogP contribution in [0.4, 0.5) is 28.9 Å². The van der Waals surface area contributed by atoms with E-state index in [-0.39, 0.29) is 17.5 Å². The van der Waals surface area contributed by atoms with Crippen LogP contribution in [0.3, 0.4) is 0 Å². The van der Waals surface area contributed by atoms with Crippen LogP contribution in [0.15, 0.2) is 95.5 Å². The summed E-state index contributed by atoms with van der Waals surface area (Å²) in [6.07, 6.45) is 1.49. The van der Waals surface area contributed by atoms with Crippen molar-refractivity contribution in [3.63, 3.8) is 0 Å². The minimum absolute atomic E-state index is 0.0328. The minimum Gasteiger partial charge on any atom is -0.321 e. The molecule has 0 aromatic heterocycles. The molecule has 0 aliphatic rings. The van der Waals surface area contributed by atoms with Crippen LogP contribution in [0.1, 0.15) is 15.9 Å². The molecule has 0 saturated carbocycles. The molecule has 3 N–H and O–H groups in total. The number of halogens is 5. The zero-order valence-corrected chi connectivity index (χ0v) is 23.0. The van der Waals surface area contributed by atoms with Crippen LogP contribution in [0.25, 0.3) is 6.08 Å². The molecule has 42 heavy (non-hydrogen) atoms. The van der Waals surface area contributed by atoms with Crippen molar-refractivity contribution in [2.45, 2.75) is 4.90 Å². The van der Waals surface area contributed by atoms with E-state index in [2.05, 4.69) is 10.6 Å². The minimum atomic E-state index is -1.71. The number of carbonyl (C=O) groups is 3.